The summed E-state index contributed by atoms with van der Waals surface area (Å²) in [5, 5.41) is 0. The summed E-state index contributed by atoms with van der Waals surface area (Å²) >= 11 is 1.99. The zero-order chi connectivity index (χ0) is 10.1. The van der Waals surface area contributed by atoms with Crippen molar-refractivity contribution in [3.8, 4) is 11.1 Å². The predicted molar refractivity (Wildman–Crippen MR) is 66.3 cm³/mol. The summed E-state index contributed by atoms with van der Waals surface area (Å²) in [6.07, 6.45) is 1.22. The molecule has 0 atom stereocenters. The number of hydrogen-bond donors (Lipinski definition) is 0. The Kier molecular flexibility index (Phi) is 2.26. The van der Waals surface area contributed by atoms with Gasteiger partial charge < -0.3 is 0 Å². The molecule has 1 heterocycles. The van der Waals surface area contributed by atoms with Gasteiger partial charge in [-0.25, -0.2) is 0 Å². The minimum Gasteiger partial charge on any atom is -0.125 e. The molecule has 0 saturated heterocycles. The molecule has 2 aromatic carbocycles. The number of thioether (sulfide) groups is 1. The van der Waals surface area contributed by atoms with Gasteiger partial charge in [-0.1, -0.05) is 48.5 Å². The van der Waals surface area contributed by atoms with Crippen LogP contribution in [0.4, 0.5) is 0 Å². The van der Waals surface area contributed by atoms with Crippen molar-refractivity contribution < 1.29 is 0 Å². The van der Waals surface area contributed by atoms with E-state index in [4.69, 9.17) is 0 Å². The molecule has 1 aliphatic rings. The van der Waals surface area contributed by atoms with Crippen LogP contribution in [0, 0.1) is 0 Å². The van der Waals surface area contributed by atoms with Crippen LogP contribution in [-0.4, -0.2) is 5.75 Å². The Labute approximate surface area is 94.3 Å². The molecule has 0 unspecified atom stereocenters. The Morgan fingerprint density at radius 3 is 2.60 bits per heavy atom. The van der Waals surface area contributed by atoms with E-state index in [1.165, 1.54) is 33.8 Å². The molecule has 0 radical (unpaired) electrons. The van der Waals surface area contributed by atoms with Crippen LogP contribution in [0.15, 0.2) is 53.4 Å². The van der Waals surface area contributed by atoms with E-state index in [1.807, 2.05) is 11.8 Å². The van der Waals surface area contributed by atoms with E-state index in [0.717, 1.165) is 0 Å². The second kappa shape index (κ2) is 3.74. The van der Waals surface area contributed by atoms with Crippen LogP contribution in [0.25, 0.3) is 11.1 Å². The molecule has 2 aromatic rings. The Bertz CT molecular complexity index is 474. The summed E-state index contributed by atoms with van der Waals surface area (Å²) in [7, 11) is 0. The summed E-state index contributed by atoms with van der Waals surface area (Å²) in [4.78, 5) is 1.49. The Morgan fingerprint density at radius 2 is 1.73 bits per heavy atom. The molecule has 0 spiro atoms. The molecule has 15 heavy (non-hydrogen) atoms. The van der Waals surface area contributed by atoms with Crippen LogP contribution in [0.3, 0.4) is 0 Å². The van der Waals surface area contributed by atoms with Crippen LogP contribution in [-0.2, 0) is 6.42 Å². The Morgan fingerprint density at radius 1 is 0.867 bits per heavy atom. The Balaban J connectivity index is 2.17. The van der Waals surface area contributed by atoms with E-state index in [1.54, 1.807) is 0 Å². The molecular formula is C14H12S. The third-order valence-corrected chi connectivity index (χ3v) is 3.98. The first-order valence-corrected chi connectivity index (χ1v) is 6.24. The van der Waals surface area contributed by atoms with Gasteiger partial charge in [0.2, 0.25) is 0 Å². The summed E-state index contributed by atoms with van der Waals surface area (Å²) < 4.78 is 0. The minimum atomic E-state index is 1.22. The first kappa shape index (κ1) is 9.05. The van der Waals surface area contributed by atoms with Crippen LogP contribution >= 0.6 is 11.8 Å². The molecule has 0 aromatic heterocycles. The van der Waals surface area contributed by atoms with Gasteiger partial charge in [-0.15, -0.1) is 11.8 Å². The number of rotatable bonds is 1. The van der Waals surface area contributed by atoms with Gasteiger partial charge in [-0.3, -0.25) is 0 Å². The fraction of sp³-hybridized carbons (Fsp3) is 0.143. The van der Waals surface area contributed by atoms with Crippen molar-refractivity contribution in [1.82, 2.24) is 0 Å². The largest absolute Gasteiger partial charge is 0.125 e. The van der Waals surface area contributed by atoms with Gasteiger partial charge in [0.15, 0.2) is 0 Å². The second-order valence-corrected chi connectivity index (χ2v) is 4.86. The molecular weight excluding hydrogens is 200 g/mol. The summed E-state index contributed by atoms with van der Waals surface area (Å²) in [5.74, 6) is 1.24. The van der Waals surface area contributed by atoms with Crippen molar-refractivity contribution in [3.05, 3.63) is 54.1 Å². The van der Waals surface area contributed by atoms with E-state index in [9.17, 15) is 0 Å². The Hall–Kier alpha value is -1.21. The maximum absolute atomic E-state index is 2.25. The van der Waals surface area contributed by atoms with Crippen LogP contribution in [0.5, 0.6) is 0 Å². The second-order valence-electron chi connectivity index (χ2n) is 3.76. The van der Waals surface area contributed by atoms with Crippen LogP contribution in [0.2, 0.25) is 0 Å². The molecule has 1 heteroatoms. The van der Waals surface area contributed by atoms with Crippen molar-refractivity contribution in [2.24, 2.45) is 0 Å². The molecule has 0 amide bonds. The first-order chi connectivity index (χ1) is 7.45. The van der Waals surface area contributed by atoms with Crippen LogP contribution < -0.4 is 0 Å². The van der Waals surface area contributed by atoms with E-state index in [0.29, 0.717) is 0 Å². The van der Waals surface area contributed by atoms with Gasteiger partial charge in [0, 0.05) is 10.6 Å². The molecule has 0 nitrogen and oxygen atoms in total. The quantitative estimate of drug-likeness (QED) is 0.688. The lowest BCUT2D eigenvalue weighted by molar-refractivity contribution is 1.15. The summed E-state index contributed by atoms with van der Waals surface area (Å²) in [6.45, 7) is 0. The van der Waals surface area contributed by atoms with E-state index in [-0.39, 0.29) is 0 Å². The smallest absolute Gasteiger partial charge is 0.0183 e. The monoisotopic (exact) mass is 212 g/mol. The third kappa shape index (κ3) is 1.57. The molecule has 3 rings (SSSR count). The van der Waals surface area contributed by atoms with Crippen molar-refractivity contribution in [2.75, 3.05) is 5.75 Å². The highest BCUT2D eigenvalue weighted by Crippen LogP contribution is 2.39. The van der Waals surface area contributed by atoms with Gasteiger partial charge >= 0.3 is 0 Å². The highest BCUT2D eigenvalue weighted by molar-refractivity contribution is 7.99. The SMILES string of the molecule is c1ccc(-c2cccc3c2SCC3)cc1. The lowest BCUT2D eigenvalue weighted by Gasteiger charge is -2.07. The maximum Gasteiger partial charge on any atom is 0.0183 e. The lowest BCUT2D eigenvalue weighted by atomic mass is 10.0. The number of fused-ring (bicyclic) bond motifs is 1. The molecule has 0 bridgehead atoms. The predicted octanol–water partition coefficient (Wildman–Crippen LogP) is 4.00. The summed E-state index contributed by atoms with van der Waals surface area (Å²) in [6, 6.07) is 17.3. The maximum atomic E-state index is 2.25. The van der Waals surface area contributed by atoms with Crippen molar-refractivity contribution in [2.45, 2.75) is 11.3 Å². The molecule has 1 aliphatic heterocycles. The van der Waals surface area contributed by atoms with Crippen LogP contribution in [0.1, 0.15) is 5.56 Å². The van der Waals surface area contributed by atoms with Gasteiger partial charge in [-0.05, 0) is 23.1 Å². The third-order valence-electron chi connectivity index (χ3n) is 2.80. The molecule has 0 saturated carbocycles. The molecule has 0 aliphatic carbocycles. The average molecular weight is 212 g/mol. The highest BCUT2D eigenvalue weighted by atomic mass is 32.2. The molecule has 0 N–H and O–H groups in total. The fourth-order valence-electron chi connectivity index (χ4n) is 2.06. The zero-order valence-corrected chi connectivity index (χ0v) is 9.26. The van der Waals surface area contributed by atoms with Crippen molar-refractivity contribution in [1.29, 1.82) is 0 Å². The minimum absolute atomic E-state index is 1.22. The van der Waals surface area contributed by atoms with Crippen molar-refractivity contribution >= 4 is 11.8 Å². The van der Waals surface area contributed by atoms with E-state index >= 15 is 0 Å². The fourth-order valence-corrected chi connectivity index (χ4v) is 3.28. The lowest BCUT2D eigenvalue weighted by Crippen LogP contribution is -1.83. The molecule has 74 valence electrons. The van der Waals surface area contributed by atoms with Gasteiger partial charge in [0.25, 0.3) is 0 Å². The van der Waals surface area contributed by atoms with Crippen molar-refractivity contribution in [3.63, 3.8) is 0 Å². The molecule has 0 fully saturated rings. The van der Waals surface area contributed by atoms with E-state index < -0.39 is 0 Å². The highest BCUT2D eigenvalue weighted by Gasteiger charge is 2.15. The number of aryl methyl sites for hydroxylation is 1. The van der Waals surface area contributed by atoms with Gasteiger partial charge in [0.05, 0.1) is 0 Å². The van der Waals surface area contributed by atoms with Gasteiger partial charge in [0.1, 0.15) is 0 Å². The topological polar surface area (TPSA) is 0 Å². The average Bonchev–Trinajstić information content (AvgIpc) is 2.78. The number of benzene rings is 2. The standard InChI is InChI=1S/C14H12S/c1-2-5-11(6-3-1)13-8-4-7-12-9-10-15-14(12)13/h1-8H,9-10H2. The number of hydrogen-bond acceptors (Lipinski definition) is 1. The zero-order valence-electron chi connectivity index (χ0n) is 8.44. The normalized spacial score (nSPS) is 13.9. The van der Waals surface area contributed by atoms with Gasteiger partial charge in [-0.2, -0.15) is 0 Å². The summed E-state index contributed by atoms with van der Waals surface area (Å²) in [5.41, 5.74) is 4.25. The van der Waals surface area contributed by atoms with E-state index in [2.05, 4.69) is 48.5 Å². The first-order valence-electron chi connectivity index (χ1n) is 5.25.